The lowest BCUT2D eigenvalue weighted by Gasteiger charge is -2.57. The molecule has 0 aromatic heterocycles. The van der Waals surface area contributed by atoms with Crippen LogP contribution in [0.3, 0.4) is 0 Å². The molecule has 4 amide bonds. The predicted octanol–water partition coefficient (Wildman–Crippen LogP) is 7.69. The Morgan fingerprint density at radius 3 is 0.829 bits per heavy atom. The summed E-state index contributed by atoms with van der Waals surface area (Å²) >= 11 is 0. The number of Topliss-reactive ketones (excluding diaryl/α,β-unsaturated/α-hetero) is 2. The minimum absolute atomic E-state index is 0.0278. The third-order valence-corrected chi connectivity index (χ3v) is 20.4. The third kappa shape index (κ3) is 16.4. The number of hydroxylamine groups is 4. The molecule has 2 N–H and O–H groups in total. The molecule has 452 valence electrons. The average Bonchev–Trinajstić information content (AvgIpc) is 4.06. The first-order valence-electron chi connectivity index (χ1n) is 30.7. The lowest BCUT2D eigenvalue weighted by Crippen LogP contribution is -2.49. The van der Waals surface area contributed by atoms with Gasteiger partial charge in [-0.3, -0.25) is 47.9 Å². The molecular formula is C61H85N3O18. The van der Waals surface area contributed by atoms with Crippen LogP contribution < -0.4 is 5.73 Å². The maximum atomic E-state index is 12.5. The van der Waals surface area contributed by atoms with E-state index in [2.05, 4.69) is 19.1 Å². The quantitative estimate of drug-likeness (QED) is 0.0520. The van der Waals surface area contributed by atoms with Gasteiger partial charge in [0.2, 0.25) is 13.6 Å². The van der Waals surface area contributed by atoms with Crippen LogP contribution in [0, 0.1) is 69.5 Å². The van der Waals surface area contributed by atoms with Gasteiger partial charge in [-0.15, -0.1) is 10.1 Å². The molecule has 12 bridgehead atoms. The fraction of sp³-hybridized carbons (Fsp3) is 0.803. The fourth-order valence-electron chi connectivity index (χ4n) is 17.9. The van der Waals surface area contributed by atoms with Crippen molar-refractivity contribution >= 4 is 71.0 Å². The molecule has 2 aliphatic heterocycles. The largest absolute Gasteiger partial charge is 0.428 e. The Bertz CT molecular complexity index is 2190. The van der Waals surface area contributed by atoms with Gasteiger partial charge in [0.05, 0.1) is 38.5 Å². The lowest BCUT2D eigenvalue weighted by atomic mass is 9.48. The van der Waals surface area contributed by atoms with Crippen LogP contribution in [0.4, 0.5) is 0 Å². The Balaban J connectivity index is 0.000000167. The number of ether oxygens (including phenoxy) is 4. The number of nitrogens with two attached hydrogens (primary N) is 1. The van der Waals surface area contributed by atoms with E-state index in [1.165, 1.54) is 116 Å². The van der Waals surface area contributed by atoms with Gasteiger partial charge in [0.15, 0.2) is 0 Å². The molecule has 0 aromatic carbocycles. The minimum atomic E-state index is -0.994. The maximum absolute atomic E-state index is 12.5. The van der Waals surface area contributed by atoms with Crippen LogP contribution in [-0.2, 0) is 86.2 Å². The highest BCUT2D eigenvalue weighted by Gasteiger charge is 2.53. The second-order valence-corrected chi connectivity index (χ2v) is 26.9. The van der Waals surface area contributed by atoms with E-state index in [0.717, 1.165) is 72.6 Å². The standard InChI is InChI=1S/C33H48O6.C17H18N2O12.C11H19N/c34-28(5-7-32-15-22-9-23(16-32)11-24(10-22)17-32)1-3-30(36)38-21-39-31(37)4-2-29(35)6-8-33-18-25-12-26(19-33)14-27(13-25)20-33;20-10-1-2-11(21)18(10)30-16(26)7-5-14(24)28-9-29-15(25)6-8-17(27)31-19-12(22)3-4-13(19)23;12-7-11-4-8-1-9(5-11)3-10(2-8)6-11/h22-27H,1-21H2;1-9H2;8-10H,1-7,12H2. The molecular weight excluding hydrogens is 1060 g/mol. The highest BCUT2D eigenvalue weighted by molar-refractivity contribution is 6.02. The van der Waals surface area contributed by atoms with Crippen molar-refractivity contribution in [3.05, 3.63) is 0 Å². The molecule has 0 atom stereocenters. The van der Waals surface area contributed by atoms with Gasteiger partial charge in [-0.2, -0.15) is 0 Å². The van der Waals surface area contributed by atoms with Crippen LogP contribution in [0.25, 0.3) is 0 Å². The van der Waals surface area contributed by atoms with Gasteiger partial charge >= 0.3 is 35.8 Å². The van der Waals surface area contributed by atoms with E-state index in [9.17, 15) is 57.5 Å². The first-order chi connectivity index (χ1) is 39.2. The number of nitrogens with zero attached hydrogens (tertiary/aromatic N) is 2. The first-order valence-corrected chi connectivity index (χ1v) is 30.7. The van der Waals surface area contributed by atoms with Crippen LogP contribution >= 0.6 is 0 Å². The molecule has 12 aliphatic carbocycles. The summed E-state index contributed by atoms with van der Waals surface area (Å²) in [4.78, 5) is 149. The number of carbonyl (C=O) groups excluding carboxylic acids is 12. The summed E-state index contributed by atoms with van der Waals surface area (Å²) in [7, 11) is 0. The van der Waals surface area contributed by atoms with E-state index in [1.807, 2.05) is 0 Å². The summed E-state index contributed by atoms with van der Waals surface area (Å²) in [6, 6.07) is 0. The Morgan fingerprint density at radius 2 is 0.573 bits per heavy atom. The number of amides is 4. The number of hydrogen-bond donors (Lipinski definition) is 1. The molecule has 0 unspecified atom stereocenters. The Morgan fingerprint density at radius 1 is 0.341 bits per heavy atom. The van der Waals surface area contributed by atoms with Gasteiger partial charge in [0, 0.05) is 51.4 Å². The third-order valence-electron chi connectivity index (χ3n) is 20.4. The van der Waals surface area contributed by atoms with Crippen LogP contribution in [0.5, 0.6) is 0 Å². The topological polar surface area (TPSA) is 293 Å². The highest BCUT2D eigenvalue weighted by Crippen LogP contribution is 2.63. The molecule has 14 aliphatic rings. The van der Waals surface area contributed by atoms with Gasteiger partial charge < -0.3 is 34.4 Å². The van der Waals surface area contributed by atoms with Crippen LogP contribution in [0.15, 0.2) is 0 Å². The molecule has 12 saturated carbocycles. The van der Waals surface area contributed by atoms with Crippen molar-refractivity contribution in [2.75, 3.05) is 20.1 Å². The lowest BCUT2D eigenvalue weighted by molar-refractivity contribution is -0.198. The first kappa shape index (κ1) is 61.0. The Hall–Kier alpha value is -5.60. The van der Waals surface area contributed by atoms with Crippen molar-refractivity contribution in [2.45, 2.75) is 218 Å². The Kier molecular flexibility index (Phi) is 20.1. The molecule has 0 spiro atoms. The smallest absolute Gasteiger partial charge is 0.333 e. The van der Waals surface area contributed by atoms with Crippen molar-refractivity contribution in [2.24, 2.45) is 75.2 Å². The van der Waals surface area contributed by atoms with Crippen molar-refractivity contribution < 1.29 is 86.2 Å². The van der Waals surface area contributed by atoms with Crippen molar-refractivity contribution in [1.29, 1.82) is 0 Å². The molecule has 2 heterocycles. The second-order valence-electron chi connectivity index (χ2n) is 26.9. The van der Waals surface area contributed by atoms with Gasteiger partial charge in [0.25, 0.3) is 23.6 Å². The highest BCUT2D eigenvalue weighted by atomic mass is 16.7. The van der Waals surface area contributed by atoms with Gasteiger partial charge in [0.1, 0.15) is 11.6 Å². The zero-order chi connectivity index (χ0) is 58.2. The number of esters is 4. The summed E-state index contributed by atoms with van der Waals surface area (Å²) in [5.74, 6) is 1.27. The molecule has 21 nitrogen and oxygen atoms in total. The zero-order valence-electron chi connectivity index (χ0n) is 47.7. The summed E-state index contributed by atoms with van der Waals surface area (Å²) in [6.07, 6.45) is 26.6. The summed E-state index contributed by atoms with van der Waals surface area (Å²) < 4.78 is 19.2. The second kappa shape index (κ2) is 27.0. The average molecular weight is 1150 g/mol. The summed E-state index contributed by atoms with van der Waals surface area (Å²) in [5.41, 5.74) is 7.32. The number of hydrogen-bond acceptors (Lipinski definition) is 19. The van der Waals surface area contributed by atoms with Crippen LogP contribution in [0.1, 0.15) is 218 Å². The Labute approximate surface area is 479 Å². The monoisotopic (exact) mass is 1150 g/mol. The van der Waals surface area contributed by atoms with E-state index >= 15 is 0 Å². The molecule has 21 heteroatoms. The SMILES string of the molecule is NCC12CC3CC(CC(C3)C1)C2.O=C(CCC(=O)OCOC(=O)CCC(=O)CCC12CC3CC(CC(C3)C1)C2)CCC12CC3CC(CC(C3)C1)C2.O=C(CCC(=O)ON1C(=O)CCC1=O)OCOC(=O)CCC(=O)ON1C(=O)CCC1=O. The molecule has 0 radical (unpaired) electrons. The minimum Gasteiger partial charge on any atom is -0.428 e. The molecule has 0 aromatic rings. The van der Waals surface area contributed by atoms with E-state index in [4.69, 9.17) is 15.2 Å². The van der Waals surface area contributed by atoms with E-state index in [-0.39, 0.29) is 62.9 Å². The van der Waals surface area contributed by atoms with Crippen molar-refractivity contribution in [3.63, 3.8) is 0 Å². The van der Waals surface area contributed by atoms with Crippen LogP contribution in [0.2, 0.25) is 0 Å². The van der Waals surface area contributed by atoms with Gasteiger partial charge in [-0.25, -0.2) is 9.59 Å². The molecule has 14 fully saturated rings. The molecule has 82 heavy (non-hydrogen) atoms. The zero-order valence-corrected chi connectivity index (χ0v) is 47.7. The van der Waals surface area contributed by atoms with Crippen molar-refractivity contribution in [1.82, 2.24) is 10.1 Å². The van der Waals surface area contributed by atoms with Gasteiger partial charge in [-0.1, -0.05) is 0 Å². The van der Waals surface area contributed by atoms with E-state index < -0.39 is 98.7 Å². The van der Waals surface area contributed by atoms with Crippen LogP contribution in [-0.4, -0.2) is 101 Å². The normalized spacial score (nSPS) is 32.8. The maximum Gasteiger partial charge on any atom is 0.333 e. The number of rotatable bonds is 25. The van der Waals surface area contributed by atoms with E-state index in [0.29, 0.717) is 39.2 Å². The summed E-state index contributed by atoms with van der Waals surface area (Å²) in [6.45, 7) is -0.259. The fourth-order valence-corrected chi connectivity index (χ4v) is 17.9. The molecule has 2 saturated heterocycles. The van der Waals surface area contributed by atoms with Crippen molar-refractivity contribution in [3.8, 4) is 0 Å². The predicted molar refractivity (Wildman–Crippen MR) is 285 cm³/mol. The number of ketones is 2. The van der Waals surface area contributed by atoms with Gasteiger partial charge in [-0.05, 0) is 204 Å². The van der Waals surface area contributed by atoms with E-state index in [1.54, 1.807) is 0 Å². The summed E-state index contributed by atoms with van der Waals surface area (Å²) in [5, 5.41) is 0.686. The number of imide groups is 2. The molecule has 14 rings (SSSR count). The number of carbonyl (C=O) groups is 12.